The van der Waals surface area contributed by atoms with Crippen LogP contribution in [0.4, 0.5) is 10.1 Å². The summed E-state index contributed by atoms with van der Waals surface area (Å²) in [5.74, 6) is 0.447. The van der Waals surface area contributed by atoms with E-state index in [0.29, 0.717) is 11.5 Å². The number of nitrogens with two attached hydrogens (primary N) is 1. The molecule has 0 unspecified atom stereocenters. The Balaban J connectivity index is 2.13. The lowest BCUT2D eigenvalue weighted by Crippen LogP contribution is -1.89. The molecular formula is C14H12FN3O. The number of imidazole rings is 1. The first-order chi connectivity index (χ1) is 9.17. The first kappa shape index (κ1) is 11.5. The van der Waals surface area contributed by atoms with E-state index >= 15 is 0 Å². The molecule has 4 nitrogen and oxygen atoms in total. The summed E-state index contributed by atoms with van der Waals surface area (Å²) in [5, 5.41) is 0. The summed E-state index contributed by atoms with van der Waals surface area (Å²) in [6, 6.07) is 10.1. The normalized spacial score (nSPS) is 10.8. The highest BCUT2D eigenvalue weighted by Crippen LogP contribution is 2.26. The number of fused-ring (bicyclic) bond motifs is 1. The number of rotatable bonds is 2. The van der Waals surface area contributed by atoms with Crippen molar-refractivity contribution in [2.75, 3.05) is 12.8 Å². The van der Waals surface area contributed by atoms with Crippen molar-refractivity contribution in [3.05, 3.63) is 42.2 Å². The Morgan fingerprint density at radius 2 is 2.05 bits per heavy atom. The molecule has 0 aliphatic heterocycles. The third-order valence-electron chi connectivity index (χ3n) is 2.93. The highest BCUT2D eigenvalue weighted by Gasteiger charge is 2.09. The van der Waals surface area contributed by atoms with Gasteiger partial charge in [-0.25, -0.2) is 9.37 Å². The lowest BCUT2D eigenvalue weighted by Gasteiger charge is -2.03. The van der Waals surface area contributed by atoms with Crippen LogP contribution in [0.1, 0.15) is 0 Å². The second-order valence-electron chi connectivity index (χ2n) is 4.21. The van der Waals surface area contributed by atoms with Crippen molar-refractivity contribution in [2.45, 2.75) is 0 Å². The van der Waals surface area contributed by atoms with E-state index in [1.807, 2.05) is 12.1 Å². The van der Waals surface area contributed by atoms with Crippen LogP contribution in [0.5, 0.6) is 5.75 Å². The van der Waals surface area contributed by atoms with Crippen LogP contribution in [0.3, 0.4) is 0 Å². The summed E-state index contributed by atoms with van der Waals surface area (Å²) >= 11 is 0. The van der Waals surface area contributed by atoms with E-state index in [1.165, 1.54) is 13.2 Å². The number of methoxy groups -OCH3 is 1. The van der Waals surface area contributed by atoms with Gasteiger partial charge in [0.2, 0.25) is 0 Å². The summed E-state index contributed by atoms with van der Waals surface area (Å²) in [6.07, 6.45) is 0. The van der Waals surface area contributed by atoms with E-state index in [0.717, 1.165) is 16.6 Å². The second kappa shape index (κ2) is 4.28. The van der Waals surface area contributed by atoms with Gasteiger partial charge in [0.05, 0.1) is 18.1 Å². The molecule has 0 amide bonds. The topological polar surface area (TPSA) is 63.9 Å². The predicted molar refractivity (Wildman–Crippen MR) is 72.5 cm³/mol. The maximum atomic E-state index is 13.4. The number of hydrogen-bond acceptors (Lipinski definition) is 3. The Labute approximate surface area is 109 Å². The Bertz CT molecular complexity index is 752. The summed E-state index contributed by atoms with van der Waals surface area (Å²) in [5.41, 5.74) is 8.80. The molecule has 1 aromatic heterocycles. The van der Waals surface area contributed by atoms with Gasteiger partial charge in [-0.3, -0.25) is 0 Å². The molecule has 3 rings (SSSR count). The van der Waals surface area contributed by atoms with Crippen LogP contribution in [-0.2, 0) is 0 Å². The molecule has 19 heavy (non-hydrogen) atoms. The minimum Gasteiger partial charge on any atom is -0.494 e. The molecule has 0 radical (unpaired) electrons. The third-order valence-corrected chi connectivity index (χ3v) is 2.93. The number of nitrogens with one attached hydrogen (secondary N) is 1. The monoisotopic (exact) mass is 257 g/mol. The Hall–Kier alpha value is -2.56. The van der Waals surface area contributed by atoms with Gasteiger partial charge in [-0.1, -0.05) is 0 Å². The number of nitrogen functional groups attached to an aromatic ring is 1. The van der Waals surface area contributed by atoms with Crippen LogP contribution < -0.4 is 10.5 Å². The van der Waals surface area contributed by atoms with E-state index in [4.69, 9.17) is 10.5 Å². The van der Waals surface area contributed by atoms with Gasteiger partial charge in [0.25, 0.3) is 0 Å². The smallest absolute Gasteiger partial charge is 0.165 e. The van der Waals surface area contributed by atoms with E-state index < -0.39 is 5.82 Å². The Kier molecular flexibility index (Phi) is 2.59. The van der Waals surface area contributed by atoms with Crippen LogP contribution in [-0.4, -0.2) is 17.1 Å². The Morgan fingerprint density at radius 3 is 2.84 bits per heavy atom. The minimum absolute atomic E-state index is 0.192. The molecule has 0 saturated carbocycles. The molecule has 0 fully saturated rings. The number of H-pyrrole nitrogens is 1. The van der Waals surface area contributed by atoms with Crippen LogP contribution in [0.2, 0.25) is 0 Å². The average molecular weight is 257 g/mol. The summed E-state index contributed by atoms with van der Waals surface area (Å²) < 4.78 is 18.3. The molecule has 0 saturated heterocycles. The highest BCUT2D eigenvalue weighted by molar-refractivity contribution is 5.82. The zero-order valence-corrected chi connectivity index (χ0v) is 10.3. The Morgan fingerprint density at radius 1 is 1.21 bits per heavy atom. The zero-order valence-electron chi connectivity index (χ0n) is 10.3. The number of benzene rings is 2. The predicted octanol–water partition coefficient (Wildman–Crippen LogP) is 2.96. The molecule has 96 valence electrons. The van der Waals surface area contributed by atoms with E-state index in [-0.39, 0.29) is 5.75 Å². The van der Waals surface area contributed by atoms with Gasteiger partial charge in [-0.05, 0) is 36.4 Å². The number of aromatic nitrogens is 2. The summed E-state index contributed by atoms with van der Waals surface area (Å²) in [4.78, 5) is 7.59. The van der Waals surface area contributed by atoms with E-state index in [9.17, 15) is 4.39 Å². The van der Waals surface area contributed by atoms with Crippen molar-refractivity contribution >= 4 is 16.7 Å². The lowest BCUT2D eigenvalue weighted by atomic mass is 10.2. The van der Waals surface area contributed by atoms with Gasteiger partial charge in [0.1, 0.15) is 5.82 Å². The molecule has 1 heterocycles. The van der Waals surface area contributed by atoms with Gasteiger partial charge in [-0.15, -0.1) is 0 Å². The minimum atomic E-state index is -0.397. The second-order valence-corrected chi connectivity index (χ2v) is 4.21. The maximum absolute atomic E-state index is 13.4. The highest BCUT2D eigenvalue weighted by atomic mass is 19.1. The number of nitrogens with zero attached hydrogens (tertiary/aromatic N) is 1. The number of aromatic amines is 1. The van der Waals surface area contributed by atoms with Gasteiger partial charge in [0, 0.05) is 11.3 Å². The van der Waals surface area contributed by atoms with Crippen molar-refractivity contribution in [3.63, 3.8) is 0 Å². The largest absolute Gasteiger partial charge is 0.494 e. The molecule has 0 aliphatic rings. The molecule has 0 atom stereocenters. The molecule has 0 spiro atoms. The third kappa shape index (κ3) is 1.99. The quantitative estimate of drug-likeness (QED) is 0.694. The standard InChI is InChI=1S/C14H12FN3O/c1-19-13-6-8(2-4-10(13)15)14-17-11-5-3-9(16)7-12(11)18-14/h2-7H,16H2,1H3,(H,17,18). The van der Waals surface area contributed by atoms with Gasteiger partial charge in [0.15, 0.2) is 11.6 Å². The average Bonchev–Trinajstić information content (AvgIpc) is 2.82. The summed E-state index contributed by atoms with van der Waals surface area (Å²) in [7, 11) is 1.43. The van der Waals surface area contributed by atoms with Gasteiger partial charge < -0.3 is 15.5 Å². The number of hydrogen-bond donors (Lipinski definition) is 2. The van der Waals surface area contributed by atoms with Crippen molar-refractivity contribution < 1.29 is 9.13 Å². The van der Waals surface area contributed by atoms with Gasteiger partial charge in [-0.2, -0.15) is 0 Å². The zero-order chi connectivity index (χ0) is 13.4. The maximum Gasteiger partial charge on any atom is 0.165 e. The molecular weight excluding hydrogens is 245 g/mol. The molecule has 0 bridgehead atoms. The molecule has 3 N–H and O–H groups in total. The lowest BCUT2D eigenvalue weighted by molar-refractivity contribution is 0.387. The molecule has 5 heteroatoms. The van der Waals surface area contributed by atoms with Gasteiger partial charge >= 0.3 is 0 Å². The van der Waals surface area contributed by atoms with Crippen molar-refractivity contribution in [1.82, 2.24) is 9.97 Å². The number of ether oxygens (including phenoxy) is 1. The van der Waals surface area contributed by atoms with E-state index in [2.05, 4.69) is 9.97 Å². The van der Waals surface area contributed by atoms with Crippen LogP contribution in [0.15, 0.2) is 36.4 Å². The van der Waals surface area contributed by atoms with Crippen LogP contribution >= 0.6 is 0 Å². The van der Waals surface area contributed by atoms with Crippen LogP contribution in [0.25, 0.3) is 22.4 Å². The van der Waals surface area contributed by atoms with E-state index in [1.54, 1.807) is 18.2 Å². The fourth-order valence-electron chi connectivity index (χ4n) is 1.97. The van der Waals surface area contributed by atoms with Crippen molar-refractivity contribution in [2.24, 2.45) is 0 Å². The van der Waals surface area contributed by atoms with Crippen molar-refractivity contribution in [1.29, 1.82) is 0 Å². The first-order valence-electron chi connectivity index (χ1n) is 5.76. The number of halogens is 1. The van der Waals surface area contributed by atoms with Crippen molar-refractivity contribution in [3.8, 4) is 17.1 Å². The summed E-state index contributed by atoms with van der Waals surface area (Å²) in [6.45, 7) is 0. The molecule has 2 aromatic carbocycles. The van der Waals surface area contributed by atoms with Crippen LogP contribution in [0, 0.1) is 5.82 Å². The fourth-order valence-corrected chi connectivity index (χ4v) is 1.97. The first-order valence-corrected chi connectivity index (χ1v) is 5.76. The number of anilines is 1. The molecule has 3 aromatic rings. The molecule has 0 aliphatic carbocycles. The fraction of sp³-hybridized carbons (Fsp3) is 0.0714. The SMILES string of the molecule is COc1cc(-c2nc3ccc(N)cc3[nH]2)ccc1F.